The van der Waals surface area contributed by atoms with E-state index in [9.17, 15) is 4.79 Å². The standard InChI is InChI=1S/C21H18N2O3/c1-25-20-13-6-5-12-19(20)21(24)23-22-15-16-8-7-11-18(14-16)26-17-9-3-2-4-10-17/h2-15H,1H3,(H,23,24)/b22-15+. The van der Waals surface area contributed by atoms with Crippen molar-refractivity contribution in [3.63, 3.8) is 0 Å². The van der Waals surface area contributed by atoms with E-state index in [0.29, 0.717) is 17.1 Å². The van der Waals surface area contributed by atoms with E-state index in [-0.39, 0.29) is 5.91 Å². The number of para-hydroxylation sites is 2. The molecule has 0 heterocycles. The molecule has 1 amide bonds. The maximum absolute atomic E-state index is 12.2. The number of nitrogens with one attached hydrogen (secondary N) is 1. The third-order valence-corrected chi connectivity index (χ3v) is 3.57. The Labute approximate surface area is 151 Å². The van der Waals surface area contributed by atoms with Crippen molar-refractivity contribution in [3.8, 4) is 17.2 Å². The Hall–Kier alpha value is -3.60. The summed E-state index contributed by atoms with van der Waals surface area (Å²) in [4.78, 5) is 12.2. The molecule has 0 saturated carbocycles. The number of carbonyl (C=O) groups is 1. The first-order chi connectivity index (χ1) is 12.8. The first-order valence-corrected chi connectivity index (χ1v) is 8.05. The van der Waals surface area contributed by atoms with Gasteiger partial charge in [-0.2, -0.15) is 5.10 Å². The van der Waals surface area contributed by atoms with Gasteiger partial charge >= 0.3 is 0 Å². The molecule has 0 saturated heterocycles. The van der Waals surface area contributed by atoms with Crippen molar-refractivity contribution in [1.82, 2.24) is 5.43 Å². The van der Waals surface area contributed by atoms with Gasteiger partial charge < -0.3 is 9.47 Å². The predicted molar refractivity (Wildman–Crippen MR) is 101 cm³/mol. The van der Waals surface area contributed by atoms with Crippen molar-refractivity contribution in [1.29, 1.82) is 0 Å². The highest BCUT2D eigenvalue weighted by Gasteiger charge is 2.09. The summed E-state index contributed by atoms with van der Waals surface area (Å²) in [7, 11) is 1.52. The molecular formula is C21H18N2O3. The molecule has 0 unspecified atom stereocenters. The minimum Gasteiger partial charge on any atom is -0.496 e. The average Bonchev–Trinajstić information content (AvgIpc) is 2.69. The fraction of sp³-hybridized carbons (Fsp3) is 0.0476. The quantitative estimate of drug-likeness (QED) is 0.536. The monoisotopic (exact) mass is 346 g/mol. The second-order valence-corrected chi connectivity index (χ2v) is 5.39. The molecule has 0 spiro atoms. The van der Waals surface area contributed by atoms with Crippen molar-refractivity contribution in [2.45, 2.75) is 0 Å². The zero-order chi connectivity index (χ0) is 18.2. The Morgan fingerprint density at radius 2 is 1.65 bits per heavy atom. The van der Waals surface area contributed by atoms with Gasteiger partial charge in [-0.3, -0.25) is 4.79 Å². The first-order valence-electron chi connectivity index (χ1n) is 8.05. The maximum atomic E-state index is 12.2. The van der Waals surface area contributed by atoms with Crippen LogP contribution >= 0.6 is 0 Å². The number of hydrogen-bond donors (Lipinski definition) is 1. The lowest BCUT2D eigenvalue weighted by Crippen LogP contribution is -2.18. The molecule has 130 valence electrons. The number of ether oxygens (including phenoxy) is 2. The van der Waals surface area contributed by atoms with Gasteiger partial charge in [-0.1, -0.05) is 42.5 Å². The molecule has 0 aliphatic heterocycles. The Morgan fingerprint density at radius 1 is 0.923 bits per heavy atom. The first kappa shape index (κ1) is 17.2. The second-order valence-electron chi connectivity index (χ2n) is 5.39. The minimum atomic E-state index is -0.338. The van der Waals surface area contributed by atoms with E-state index in [1.807, 2.05) is 54.6 Å². The van der Waals surface area contributed by atoms with Gasteiger partial charge in [0.05, 0.1) is 18.9 Å². The van der Waals surface area contributed by atoms with Gasteiger partial charge in [0.15, 0.2) is 0 Å². The van der Waals surface area contributed by atoms with Gasteiger partial charge in [0.1, 0.15) is 17.2 Å². The summed E-state index contributed by atoms with van der Waals surface area (Å²) in [6.45, 7) is 0. The van der Waals surface area contributed by atoms with Crippen LogP contribution in [-0.2, 0) is 0 Å². The van der Waals surface area contributed by atoms with Crippen LogP contribution in [0, 0.1) is 0 Å². The predicted octanol–water partition coefficient (Wildman–Crippen LogP) is 4.25. The molecule has 0 bridgehead atoms. The Bertz CT molecular complexity index is 908. The zero-order valence-corrected chi connectivity index (χ0v) is 14.3. The van der Waals surface area contributed by atoms with E-state index in [1.54, 1.807) is 30.5 Å². The topological polar surface area (TPSA) is 59.9 Å². The van der Waals surface area contributed by atoms with Crippen LogP contribution in [-0.4, -0.2) is 19.2 Å². The third kappa shape index (κ3) is 4.48. The van der Waals surface area contributed by atoms with E-state index in [1.165, 1.54) is 7.11 Å². The number of rotatable bonds is 6. The Balaban J connectivity index is 1.65. The van der Waals surface area contributed by atoms with Crippen LogP contribution in [0.25, 0.3) is 0 Å². The molecule has 26 heavy (non-hydrogen) atoms. The van der Waals surface area contributed by atoms with Crippen LogP contribution in [0.3, 0.4) is 0 Å². The van der Waals surface area contributed by atoms with E-state index >= 15 is 0 Å². The molecule has 1 N–H and O–H groups in total. The smallest absolute Gasteiger partial charge is 0.275 e. The molecule has 0 aliphatic rings. The number of amides is 1. The maximum Gasteiger partial charge on any atom is 0.275 e. The van der Waals surface area contributed by atoms with Crippen molar-refractivity contribution < 1.29 is 14.3 Å². The highest BCUT2D eigenvalue weighted by molar-refractivity contribution is 5.97. The van der Waals surface area contributed by atoms with Gasteiger partial charge in [-0.05, 0) is 42.0 Å². The van der Waals surface area contributed by atoms with E-state index in [4.69, 9.17) is 9.47 Å². The molecule has 0 fully saturated rings. The highest BCUT2D eigenvalue weighted by atomic mass is 16.5. The van der Waals surface area contributed by atoms with E-state index in [2.05, 4.69) is 10.5 Å². The molecule has 3 rings (SSSR count). The van der Waals surface area contributed by atoms with Gasteiger partial charge in [0, 0.05) is 0 Å². The number of hydrogen-bond acceptors (Lipinski definition) is 4. The SMILES string of the molecule is COc1ccccc1C(=O)N/N=C/c1cccc(Oc2ccccc2)c1. The summed E-state index contributed by atoms with van der Waals surface area (Å²) in [5, 5.41) is 4.01. The summed E-state index contributed by atoms with van der Waals surface area (Å²) in [6, 6.07) is 23.9. The van der Waals surface area contributed by atoms with E-state index in [0.717, 1.165) is 11.3 Å². The molecule has 0 radical (unpaired) electrons. The lowest BCUT2D eigenvalue weighted by molar-refractivity contribution is 0.0952. The van der Waals surface area contributed by atoms with Crippen molar-refractivity contribution in [2.24, 2.45) is 5.10 Å². The highest BCUT2D eigenvalue weighted by Crippen LogP contribution is 2.21. The van der Waals surface area contributed by atoms with Crippen LogP contribution in [0.2, 0.25) is 0 Å². The molecule has 0 aromatic heterocycles. The van der Waals surface area contributed by atoms with Crippen molar-refractivity contribution in [3.05, 3.63) is 90.0 Å². The molecule has 0 aliphatic carbocycles. The number of benzene rings is 3. The minimum absolute atomic E-state index is 0.338. The number of methoxy groups -OCH3 is 1. The number of hydrazone groups is 1. The van der Waals surface area contributed by atoms with Crippen molar-refractivity contribution >= 4 is 12.1 Å². The lowest BCUT2D eigenvalue weighted by atomic mass is 10.2. The summed E-state index contributed by atoms with van der Waals surface area (Å²) in [5.74, 6) is 1.61. The summed E-state index contributed by atoms with van der Waals surface area (Å²) < 4.78 is 11.0. The normalized spacial score (nSPS) is 10.5. The molecule has 0 atom stereocenters. The molecule has 5 heteroatoms. The lowest BCUT2D eigenvalue weighted by Gasteiger charge is -2.06. The average molecular weight is 346 g/mol. The molecule has 3 aromatic rings. The third-order valence-electron chi connectivity index (χ3n) is 3.57. The summed E-state index contributed by atoms with van der Waals surface area (Å²) >= 11 is 0. The fourth-order valence-electron chi connectivity index (χ4n) is 2.34. The fourth-order valence-corrected chi connectivity index (χ4v) is 2.34. The summed E-state index contributed by atoms with van der Waals surface area (Å²) in [5.41, 5.74) is 3.73. The number of carbonyl (C=O) groups excluding carboxylic acids is 1. The molecule has 5 nitrogen and oxygen atoms in total. The van der Waals surface area contributed by atoms with Gasteiger partial charge in [0.25, 0.3) is 5.91 Å². The summed E-state index contributed by atoms with van der Waals surface area (Å²) in [6.07, 6.45) is 1.56. The van der Waals surface area contributed by atoms with Crippen LogP contribution in [0.1, 0.15) is 15.9 Å². The van der Waals surface area contributed by atoms with Gasteiger partial charge in [-0.15, -0.1) is 0 Å². The Morgan fingerprint density at radius 3 is 2.46 bits per heavy atom. The van der Waals surface area contributed by atoms with Crippen LogP contribution < -0.4 is 14.9 Å². The van der Waals surface area contributed by atoms with Crippen LogP contribution in [0.15, 0.2) is 84.0 Å². The van der Waals surface area contributed by atoms with Crippen LogP contribution in [0.5, 0.6) is 17.2 Å². The van der Waals surface area contributed by atoms with Crippen molar-refractivity contribution in [2.75, 3.05) is 7.11 Å². The van der Waals surface area contributed by atoms with E-state index < -0.39 is 0 Å². The second kappa shape index (κ2) is 8.48. The Kier molecular flexibility index (Phi) is 5.62. The number of nitrogens with zero attached hydrogens (tertiary/aromatic N) is 1. The molecule has 3 aromatic carbocycles. The van der Waals surface area contributed by atoms with Gasteiger partial charge in [0.2, 0.25) is 0 Å². The largest absolute Gasteiger partial charge is 0.496 e. The van der Waals surface area contributed by atoms with Gasteiger partial charge in [-0.25, -0.2) is 5.43 Å². The zero-order valence-electron chi connectivity index (χ0n) is 14.3. The molecular weight excluding hydrogens is 328 g/mol. The van der Waals surface area contributed by atoms with Crippen LogP contribution in [0.4, 0.5) is 0 Å².